The van der Waals surface area contributed by atoms with Crippen molar-refractivity contribution in [2.75, 3.05) is 18.4 Å². The van der Waals surface area contributed by atoms with E-state index in [2.05, 4.69) is 40.0 Å². The second-order valence-corrected chi connectivity index (χ2v) is 8.15. The van der Waals surface area contributed by atoms with Crippen LogP contribution in [0, 0.1) is 0 Å². The zero-order chi connectivity index (χ0) is 15.6. The van der Waals surface area contributed by atoms with E-state index in [-0.39, 0.29) is 4.90 Å². The van der Waals surface area contributed by atoms with Crippen molar-refractivity contribution in [3.63, 3.8) is 0 Å². The van der Waals surface area contributed by atoms with Crippen LogP contribution in [0.1, 0.15) is 26.7 Å². The topological polar surface area (TPSA) is 75.4 Å². The van der Waals surface area contributed by atoms with Crippen molar-refractivity contribution in [1.29, 1.82) is 0 Å². The summed E-state index contributed by atoms with van der Waals surface area (Å²) in [7, 11) is -3.66. The SMILES string of the molecule is CC(C)N1CCC(Nc2ccc(S(N)(=O)=O)cc2Br)CC1. The Kier molecular flexibility index (Phi) is 5.29. The first-order valence-electron chi connectivity index (χ1n) is 7.10. The van der Waals surface area contributed by atoms with Crippen molar-refractivity contribution in [2.45, 2.75) is 43.7 Å². The second-order valence-electron chi connectivity index (χ2n) is 5.73. The molecular weight excluding hydrogens is 354 g/mol. The van der Waals surface area contributed by atoms with Gasteiger partial charge in [-0.1, -0.05) is 0 Å². The number of nitrogens with one attached hydrogen (secondary N) is 1. The van der Waals surface area contributed by atoms with Crippen molar-refractivity contribution in [3.8, 4) is 0 Å². The zero-order valence-corrected chi connectivity index (χ0v) is 14.7. The van der Waals surface area contributed by atoms with Gasteiger partial charge in [-0.25, -0.2) is 13.6 Å². The first-order chi connectivity index (χ1) is 9.77. The lowest BCUT2D eigenvalue weighted by Crippen LogP contribution is -2.42. The monoisotopic (exact) mass is 375 g/mol. The number of halogens is 1. The highest BCUT2D eigenvalue weighted by atomic mass is 79.9. The van der Waals surface area contributed by atoms with Gasteiger partial charge in [0.1, 0.15) is 0 Å². The first kappa shape index (κ1) is 16.7. The molecule has 2 rings (SSSR count). The van der Waals surface area contributed by atoms with Gasteiger partial charge in [0.05, 0.1) is 4.90 Å². The molecule has 1 aromatic carbocycles. The van der Waals surface area contributed by atoms with E-state index in [9.17, 15) is 8.42 Å². The van der Waals surface area contributed by atoms with Gasteiger partial charge in [0, 0.05) is 35.3 Å². The number of piperidine rings is 1. The molecule has 1 fully saturated rings. The third-order valence-corrected chi connectivity index (χ3v) is 5.46. The Morgan fingerprint density at radius 2 is 1.95 bits per heavy atom. The minimum absolute atomic E-state index is 0.120. The highest BCUT2D eigenvalue weighted by molar-refractivity contribution is 9.10. The number of hydrogen-bond acceptors (Lipinski definition) is 4. The maximum Gasteiger partial charge on any atom is 0.238 e. The molecule has 1 aromatic rings. The van der Waals surface area contributed by atoms with E-state index in [1.165, 1.54) is 6.07 Å². The summed E-state index contributed by atoms with van der Waals surface area (Å²) >= 11 is 3.41. The van der Waals surface area contributed by atoms with Crippen LogP contribution in [-0.2, 0) is 10.0 Å². The molecule has 0 radical (unpaired) electrons. The average molecular weight is 376 g/mol. The van der Waals surface area contributed by atoms with Gasteiger partial charge < -0.3 is 10.2 Å². The first-order valence-corrected chi connectivity index (χ1v) is 9.44. The lowest BCUT2D eigenvalue weighted by atomic mass is 10.0. The number of anilines is 1. The number of primary sulfonamides is 1. The number of sulfonamides is 1. The molecule has 0 aliphatic carbocycles. The molecule has 0 unspecified atom stereocenters. The van der Waals surface area contributed by atoms with Gasteiger partial charge in [0.25, 0.3) is 0 Å². The van der Waals surface area contributed by atoms with Crippen molar-refractivity contribution < 1.29 is 8.42 Å². The Labute approximate surface area is 135 Å². The van der Waals surface area contributed by atoms with Gasteiger partial charge >= 0.3 is 0 Å². The smallest absolute Gasteiger partial charge is 0.238 e. The fourth-order valence-electron chi connectivity index (χ4n) is 2.57. The van der Waals surface area contributed by atoms with Gasteiger partial charge in [-0.05, 0) is 60.8 Å². The van der Waals surface area contributed by atoms with Gasteiger partial charge in [-0.3, -0.25) is 0 Å². The molecule has 3 N–H and O–H groups in total. The Balaban J connectivity index is 2.01. The third-order valence-electron chi connectivity index (χ3n) is 3.89. The highest BCUT2D eigenvalue weighted by Gasteiger charge is 2.21. The van der Waals surface area contributed by atoms with Crippen molar-refractivity contribution in [2.24, 2.45) is 5.14 Å². The molecule has 1 aliphatic rings. The fourth-order valence-corrected chi connectivity index (χ4v) is 3.75. The quantitative estimate of drug-likeness (QED) is 0.846. The van der Waals surface area contributed by atoms with Crippen LogP contribution < -0.4 is 10.5 Å². The molecule has 0 bridgehead atoms. The molecule has 21 heavy (non-hydrogen) atoms. The predicted octanol–water partition coefficient (Wildman–Crippen LogP) is 2.38. The molecule has 0 aromatic heterocycles. The summed E-state index contributed by atoms with van der Waals surface area (Å²) in [4.78, 5) is 2.59. The summed E-state index contributed by atoms with van der Waals surface area (Å²) in [6.45, 7) is 6.61. The van der Waals surface area contributed by atoms with E-state index in [1.54, 1.807) is 12.1 Å². The number of nitrogens with two attached hydrogens (primary N) is 1. The molecule has 0 spiro atoms. The molecule has 0 amide bonds. The zero-order valence-electron chi connectivity index (χ0n) is 12.3. The molecular formula is C14H22BrN3O2S. The summed E-state index contributed by atoms with van der Waals surface area (Å²) < 4.78 is 23.4. The van der Waals surface area contributed by atoms with Crippen LogP contribution in [0.3, 0.4) is 0 Å². The Bertz CT molecular complexity index is 596. The molecule has 0 atom stereocenters. The second kappa shape index (κ2) is 6.64. The highest BCUT2D eigenvalue weighted by Crippen LogP contribution is 2.27. The maximum absolute atomic E-state index is 11.3. The van der Waals surface area contributed by atoms with Crippen LogP contribution in [0.15, 0.2) is 27.6 Å². The third kappa shape index (κ3) is 4.42. The van der Waals surface area contributed by atoms with Gasteiger partial charge in [0.2, 0.25) is 10.0 Å². The van der Waals surface area contributed by atoms with Crippen LogP contribution in [0.2, 0.25) is 0 Å². The van der Waals surface area contributed by atoms with Crippen molar-refractivity contribution >= 4 is 31.6 Å². The summed E-state index contributed by atoms with van der Waals surface area (Å²) in [6.07, 6.45) is 2.17. The molecule has 7 heteroatoms. The van der Waals surface area contributed by atoms with E-state index in [1.807, 2.05) is 0 Å². The summed E-state index contributed by atoms with van der Waals surface area (Å²) in [6, 6.07) is 5.84. The standard InChI is InChI=1S/C14H22BrN3O2S/c1-10(2)18-7-5-11(6-8-18)17-14-4-3-12(9-13(14)15)21(16,19)20/h3-4,9-11,17H,5-8H2,1-2H3,(H2,16,19,20). The van der Waals surface area contributed by atoms with E-state index in [0.29, 0.717) is 12.1 Å². The molecule has 1 heterocycles. The fraction of sp³-hybridized carbons (Fsp3) is 0.571. The van der Waals surface area contributed by atoms with E-state index < -0.39 is 10.0 Å². The van der Waals surface area contributed by atoms with Crippen LogP contribution in [0.4, 0.5) is 5.69 Å². The summed E-state index contributed by atoms with van der Waals surface area (Å²) in [5.41, 5.74) is 0.908. The molecule has 5 nitrogen and oxygen atoms in total. The van der Waals surface area contributed by atoms with E-state index in [4.69, 9.17) is 5.14 Å². The minimum atomic E-state index is -3.66. The van der Waals surface area contributed by atoms with Crippen LogP contribution in [0.25, 0.3) is 0 Å². The number of likely N-dealkylation sites (tertiary alicyclic amines) is 1. The van der Waals surface area contributed by atoms with Crippen molar-refractivity contribution in [3.05, 3.63) is 22.7 Å². The summed E-state index contributed by atoms with van der Waals surface area (Å²) in [5, 5.41) is 8.61. The largest absolute Gasteiger partial charge is 0.381 e. The van der Waals surface area contributed by atoms with Crippen LogP contribution >= 0.6 is 15.9 Å². The lowest BCUT2D eigenvalue weighted by molar-refractivity contribution is 0.177. The van der Waals surface area contributed by atoms with E-state index >= 15 is 0 Å². The van der Waals surface area contributed by atoms with Gasteiger partial charge in [-0.15, -0.1) is 0 Å². The average Bonchev–Trinajstić information content (AvgIpc) is 2.40. The number of rotatable bonds is 4. The molecule has 1 saturated heterocycles. The van der Waals surface area contributed by atoms with E-state index in [0.717, 1.165) is 36.1 Å². The Morgan fingerprint density at radius 3 is 2.43 bits per heavy atom. The Hall–Kier alpha value is -0.630. The summed E-state index contributed by atoms with van der Waals surface area (Å²) in [5.74, 6) is 0. The molecule has 1 aliphatic heterocycles. The maximum atomic E-state index is 11.3. The normalized spacial score (nSPS) is 18.1. The number of nitrogens with zero attached hydrogens (tertiary/aromatic N) is 1. The van der Waals surface area contributed by atoms with Crippen molar-refractivity contribution in [1.82, 2.24) is 4.90 Å². The predicted molar refractivity (Wildman–Crippen MR) is 88.9 cm³/mol. The molecule has 118 valence electrons. The van der Waals surface area contributed by atoms with Crippen LogP contribution in [0.5, 0.6) is 0 Å². The minimum Gasteiger partial charge on any atom is -0.381 e. The van der Waals surface area contributed by atoms with Crippen LogP contribution in [-0.4, -0.2) is 38.5 Å². The number of benzene rings is 1. The van der Waals surface area contributed by atoms with Gasteiger partial charge in [0.15, 0.2) is 0 Å². The number of hydrogen-bond donors (Lipinski definition) is 2. The van der Waals surface area contributed by atoms with Gasteiger partial charge in [-0.2, -0.15) is 0 Å². The Morgan fingerprint density at radius 1 is 1.33 bits per heavy atom. The lowest BCUT2D eigenvalue weighted by Gasteiger charge is -2.35. The molecule has 0 saturated carbocycles.